The second kappa shape index (κ2) is 5.55. The van der Waals surface area contributed by atoms with Crippen LogP contribution in [0.1, 0.15) is 25.0 Å². The van der Waals surface area contributed by atoms with Gasteiger partial charge in [0, 0.05) is 30.3 Å². The number of aromatic nitrogens is 2. The average Bonchev–Trinajstić information content (AvgIpc) is 2.65. The van der Waals surface area contributed by atoms with Crippen molar-refractivity contribution in [3.05, 3.63) is 39.4 Å². The maximum atomic E-state index is 11.0. The summed E-state index contributed by atoms with van der Waals surface area (Å²) in [5, 5.41) is 15.5. The first-order valence-electron chi connectivity index (χ1n) is 6.87. The molecule has 21 heavy (non-hydrogen) atoms. The SMILES string of the molecule is Cc1cc(-c2nn(C)c(N)c2CC(C)C)cc([N+](=O)[O-])c1. The van der Waals surface area contributed by atoms with Crippen LogP contribution >= 0.6 is 0 Å². The second-order valence-electron chi connectivity index (χ2n) is 5.75. The molecule has 0 aliphatic rings. The first kappa shape index (κ1) is 15.0. The van der Waals surface area contributed by atoms with Crippen LogP contribution in [0.3, 0.4) is 0 Å². The van der Waals surface area contributed by atoms with E-state index in [1.165, 1.54) is 0 Å². The number of hydrogen-bond donors (Lipinski definition) is 1. The van der Waals surface area contributed by atoms with Crippen LogP contribution in [-0.2, 0) is 13.5 Å². The van der Waals surface area contributed by atoms with Gasteiger partial charge in [0.15, 0.2) is 0 Å². The summed E-state index contributed by atoms with van der Waals surface area (Å²) in [7, 11) is 1.78. The molecule has 0 unspecified atom stereocenters. The van der Waals surface area contributed by atoms with Gasteiger partial charge in [-0.3, -0.25) is 14.8 Å². The Balaban J connectivity index is 2.61. The lowest BCUT2D eigenvalue weighted by Gasteiger charge is -2.07. The summed E-state index contributed by atoms with van der Waals surface area (Å²) in [6, 6.07) is 5.01. The standard InChI is InChI=1S/C15H20N4O2/c1-9(2)5-13-14(17-18(4)15(13)16)11-6-10(3)7-12(8-11)19(20)21/h6-9H,5,16H2,1-4H3. The lowest BCUT2D eigenvalue weighted by atomic mass is 9.98. The average molecular weight is 288 g/mol. The number of aryl methyl sites for hydroxylation is 2. The number of anilines is 1. The van der Waals surface area contributed by atoms with E-state index in [2.05, 4.69) is 18.9 Å². The van der Waals surface area contributed by atoms with Crippen LogP contribution in [0.15, 0.2) is 18.2 Å². The van der Waals surface area contributed by atoms with E-state index in [1.807, 2.05) is 13.0 Å². The predicted molar refractivity (Wildman–Crippen MR) is 83.0 cm³/mol. The van der Waals surface area contributed by atoms with Crippen LogP contribution in [0, 0.1) is 23.0 Å². The van der Waals surface area contributed by atoms with E-state index in [9.17, 15) is 10.1 Å². The molecule has 6 heteroatoms. The minimum absolute atomic E-state index is 0.0738. The van der Waals surface area contributed by atoms with Gasteiger partial charge in [-0.15, -0.1) is 0 Å². The van der Waals surface area contributed by atoms with Crippen LogP contribution in [0.25, 0.3) is 11.3 Å². The molecular weight excluding hydrogens is 268 g/mol. The quantitative estimate of drug-likeness (QED) is 0.691. The Bertz CT molecular complexity index is 689. The smallest absolute Gasteiger partial charge is 0.270 e. The number of nitrogens with zero attached hydrogens (tertiary/aromatic N) is 3. The molecule has 2 aromatic rings. The molecule has 0 aliphatic heterocycles. The summed E-state index contributed by atoms with van der Waals surface area (Å²) in [5.41, 5.74) is 9.42. The predicted octanol–water partition coefficient (Wildman–Crippen LogP) is 3.08. The molecule has 1 heterocycles. The maximum absolute atomic E-state index is 11.0. The van der Waals surface area contributed by atoms with Gasteiger partial charge in [-0.25, -0.2) is 0 Å². The summed E-state index contributed by atoms with van der Waals surface area (Å²) < 4.78 is 1.63. The van der Waals surface area contributed by atoms with Crippen molar-refractivity contribution in [3.63, 3.8) is 0 Å². The van der Waals surface area contributed by atoms with Gasteiger partial charge in [0.25, 0.3) is 5.69 Å². The summed E-state index contributed by atoms with van der Waals surface area (Å²) in [6.45, 7) is 6.05. The fraction of sp³-hybridized carbons (Fsp3) is 0.400. The van der Waals surface area contributed by atoms with Crippen molar-refractivity contribution < 1.29 is 4.92 Å². The Kier molecular flexibility index (Phi) is 3.97. The third-order valence-corrected chi connectivity index (χ3v) is 3.35. The van der Waals surface area contributed by atoms with Crippen molar-refractivity contribution in [1.29, 1.82) is 0 Å². The van der Waals surface area contributed by atoms with Gasteiger partial charge < -0.3 is 5.73 Å². The summed E-state index contributed by atoms with van der Waals surface area (Å²) in [6.07, 6.45) is 0.788. The van der Waals surface area contributed by atoms with Crippen molar-refractivity contribution in [2.24, 2.45) is 13.0 Å². The van der Waals surface area contributed by atoms with E-state index in [0.29, 0.717) is 11.7 Å². The monoisotopic (exact) mass is 288 g/mol. The highest BCUT2D eigenvalue weighted by Gasteiger charge is 2.19. The Morgan fingerprint density at radius 1 is 1.38 bits per heavy atom. The minimum Gasteiger partial charge on any atom is -0.384 e. The van der Waals surface area contributed by atoms with Crippen molar-refractivity contribution >= 4 is 11.5 Å². The number of non-ortho nitro benzene ring substituents is 1. The number of hydrogen-bond acceptors (Lipinski definition) is 4. The summed E-state index contributed by atoms with van der Waals surface area (Å²) in [4.78, 5) is 10.6. The topological polar surface area (TPSA) is 87.0 Å². The van der Waals surface area contributed by atoms with Gasteiger partial charge >= 0.3 is 0 Å². The highest BCUT2D eigenvalue weighted by molar-refractivity contribution is 5.71. The Morgan fingerprint density at radius 2 is 2.05 bits per heavy atom. The molecule has 0 spiro atoms. The fourth-order valence-electron chi connectivity index (χ4n) is 2.43. The van der Waals surface area contributed by atoms with Crippen molar-refractivity contribution in [2.75, 3.05) is 5.73 Å². The molecule has 0 amide bonds. The van der Waals surface area contributed by atoms with Crippen LogP contribution < -0.4 is 5.73 Å². The van der Waals surface area contributed by atoms with Gasteiger partial charge in [0.2, 0.25) is 0 Å². The zero-order chi connectivity index (χ0) is 15.7. The van der Waals surface area contributed by atoms with E-state index < -0.39 is 0 Å². The van der Waals surface area contributed by atoms with E-state index in [4.69, 9.17) is 5.73 Å². The Hall–Kier alpha value is -2.37. The van der Waals surface area contributed by atoms with E-state index in [0.717, 1.165) is 28.8 Å². The molecule has 0 bridgehead atoms. The first-order chi connectivity index (χ1) is 9.79. The number of rotatable bonds is 4. The number of nitro groups is 1. The van der Waals surface area contributed by atoms with E-state index in [1.54, 1.807) is 23.9 Å². The third-order valence-electron chi connectivity index (χ3n) is 3.35. The molecule has 0 saturated carbocycles. The normalized spacial score (nSPS) is 11.1. The highest BCUT2D eigenvalue weighted by Crippen LogP contribution is 2.31. The summed E-state index contributed by atoms with van der Waals surface area (Å²) in [5.74, 6) is 1.04. The number of nitro benzene ring substituents is 1. The van der Waals surface area contributed by atoms with Crippen molar-refractivity contribution in [2.45, 2.75) is 27.2 Å². The molecule has 1 aromatic heterocycles. The zero-order valence-corrected chi connectivity index (χ0v) is 12.8. The van der Waals surface area contributed by atoms with E-state index >= 15 is 0 Å². The van der Waals surface area contributed by atoms with Gasteiger partial charge in [0.05, 0.1) is 10.6 Å². The summed E-state index contributed by atoms with van der Waals surface area (Å²) >= 11 is 0. The second-order valence-corrected chi connectivity index (χ2v) is 5.75. The Labute approximate surface area is 123 Å². The largest absolute Gasteiger partial charge is 0.384 e. The van der Waals surface area contributed by atoms with Crippen molar-refractivity contribution in [1.82, 2.24) is 9.78 Å². The molecular formula is C15H20N4O2. The van der Waals surface area contributed by atoms with Gasteiger partial charge in [-0.2, -0.15) is 5.10 Å². The molecule has 0 saturated heterocycles. The minimum atomic E-state index is -0.384. The lowest BCUT2D eigenvalue weighted by Crippen LogP contribution is -2.02. The third kappa shape index (κ3) is 3.04. The lowest BCUT2D eigenvalue weighted by molar-refractivity contribution is -0.384. The Morgan fingerprint density at radius 3 is 2.62 bits per heavy atom. The molecule has 0 fully saturated rings. The molecule has 0 radical (unpaired) electrons. The van der Waals surface area contributed by atoms with Crippen LogP contribution in [0.5, 0.6) is 0 Å². The van der Waals surface area contributed by atoms with E-state index in [-0.39, 0.29) is 10.6 Å². The van der Waals surface area contributed by atoms with Gasteiger partial charge in [0.1, 0.15) is 5.82 Å². The van der Waals surface area contributed by atoms with Gasteiger partial charge in [-0.1, -0.05) is 13.8 Å². The van der Waals surface area contributed by atoms with Crippen LogP contribution in [-0.4, -0.2) is 14.7 Å². The van der Waals surface area contributed by atoms with Crippen LogP contribution in [0.2, 0.25) is 0 Å². The fourth-order valence-corrected chi connectivity index (χ4v) is 2.43. The van der Waals surface area contributed by atoms with Crippen LogP contribution in [0.4, 0.5) is 11.5 Å². The molecule has 2 rings (SSSR count). The molecule has 112 valence electrons. The highest BCUT2D eigenvalue weighted by atomic mass is 16.6. The number of nitrogen functional groups attached to an aromatic ring is 1. The molecule has 0 aliphatic carbocycles. The first-order valence-corrected chi connectivity index (χ1v) is 6.87. The number of nitrogens with two attached hydrogens (primary N) is 1. The zero-order valence-electron chi connectivity index (χ0n) is 12.8. The molecule has 6 nitrogen and oxygen atoms in total. The molecule has 1 aromatic carbocycles. The maximum Gasteiger partial charge on any atom is 0.270 e. The molecule has 0 atom stereocenters. The van der Waals surface area contributed by atoms with Crippen molar-refractivity contribution in [3.8, 4) is 11.3 Å². The molecule has 2 N–H and O–H groups in total. The number of benzene rings is 1. The van der Waals surface area contributed by atoms with Gasteiger partial charge in [-0.05, 0) is 30.9 Å².